The van der Waals surface area contributed by atoms with Crippen molar-refractivity contribution in [2.45, 2.75) is 118 Å². The van der Waals surface area contributed by atoms with Gasteiger partial charge < -0.3 is 5.11 Å². The van der Waals surface area contributed by atoms with E-state index in [0.717, 1.165) is 48.3 Å². The molecule has 4 aliphatic rings. The number of fused-ring (bicyclic) bond motifs is 5. The number of hydrogen-bond donors (Lipinski definition) is 1. The van der Waals surface area contributed by atoms with Gasteiger partial charge in [0.05, 0.1) is 6.10 Å². The maximum absolute atomic E-state index is 10.2. The predicted molar refractivity (Wildman–Crippen MR) is 124 cm³/mol. The monoisotopic (exact) mass is 400 g/mol. The molecule has 166 valence electrons. The second-order valence-corrected chi connectivity index (χ2v) is 12.3. The van der Waals surface area contributed by atoms with E-state index in [4.69, 9.17) is 0 Å². The van der Waals surface area contributed by atoms with Crippen LogP contribution in [0, 0.1) is 46.3 Å². The van der Waals surface area contributed by atoms with E-state index in [0.29, 0.717) is 10.8 Å². The maximum atomic E-state index is 10.2. The standard InChI is InChI=1S/C28H48O/c1-6-20(19(2)3)8-7-9-21-11-13-25-24-12-10-22-18-23(29)14-16-28(22,5)26(24)15-17-27(21,25)4/h10,19-21,23-26,29H,6-9,11-18H2,1-5H3/t20-,21+,23+,24+,25+,26+,27-,28+/m1/s1. The largest absolute Gasteiger partial charge is 0.393 e. The average molecular weight is 401 g/mol. The zero-order chi connectivity index (χ0) is 20.8. The fourth-order valence-corrected chi connectivity index (χ4v) is 8.86. The summed E-state index contributed by atoms with van der Waals surface area (Å²) in [5.74, 6) is 5.52. The number of allylic oxidation sites excluding steroid dienone is 1. The van der Waals surface area contributed by atoms with Crippen molar-refractivity contribution in [3.8, 4) is 0 Å². The SMILES string of the molecule is CC[C@H](CCC[C@H]1CC[C@H]2[C@@H]3CC=C4C[C@@H](O)CC[C@]4(C)[C@H]3CC[C@]12C)C(C)C. The summed E-state index contributed by atoms with van der Waals surface area (Å²) in [6.07, 6.45) is 18.7. The summed E-state index contributed by atoms with van der Waals surface area (Å²) in [6.45, 7) is 12.5. The van der Waals surface area contributed by atoms with Crippen LogP contribution in [0.15, 0.2) is 11.6 Å². The van der Waals surface area contributed by atoms with Gasteiger partial charge in [0.2, 0.25) is 0 Å². The Kier molecular flexibility index (Phi) is 6.29. The quantitative estimate of drug-likeness (QED) is 0.451. The van der Waals surface area contributed by atoms with Gasteiger partial charge in [-0.15, -0.1) is 0 Å². The van der Waals surface area contributed by atoms with E-state index in [9.17, 15) is 5.11 Å². The lowest BCUT2D eigenvalue weighted by molar-refractivity contribution is -0.0510. The lowest BCUT2D eigenvalue weighted by atomic mass is 9.47. The van der Waals surface area contributed by atoms with Crippen LogP contribution < -0.4 is 0 Å². The van der Waals surface area contributed by atoms with Crippen LogP contribution >= 0.6 is 0 Å². The van der Waals surface area contributed by atoms with Gasteiger partial charge in [0.25, 0.3) is 0 Å². The normalized spacial score (nSPS) is 45.3. The molecule has 3 fully saturated rings. The summed E-state index contributed by atoms with van der Waals surface area (Å²) >= 11 is 0. The third-order valence-corrected chi connectivity index (χ3v) is 10.9. The van der Waals surface area contributed by atoms with Crippen LogP contribution in [0.25, 0.3) is 0 Å². The van der Waals surface area contributed by atoms with Crippen LogP contribution in [0.1, 0.15) is 112 Å². The Morgan fingerprint density at radius 2 is 1.86 bits per heavy atom. The highest BCUT2D eigenvalue weighted by molar-refractivity contribution is 5.25. The van der Waals surface area contributed by atoms with Gasteiger partial charge in [-0.25, -0.2) is 0 Å². The molecule has 0 aromatic heterocycles. The van der Waals surface area contributed by atoms with Gasteiger partial charge in [-0.1, -0.05) is 65.5 Å². The van der Waals surface area contributed by atoms with E-state index in [1.165, 1.54) is 64.2 Å². The molecule has 0 spiro atoms. The Balaban J connectivity index is 1.43. The Labute approximate surface area is 181 Å². The van der Waals surface area contributed by atoms with E-state index >= 15 is 0 Å². The van der Waals surface area contributed by atoms with Crippen molar-refractivity contribution in [2.75, 3.05) is 0 Å². The second-order valence-electron chi connectivity index (χ2n) is 12.3. The molecule has 0 aromatic rings. The highest BCUT2D eigenvalue weighted by Crippen LogP contribution is 2.66. The van der Waals surface area contributed by atoms with Crippen LogP contribution in [0.2, 0.25) is 0 Å². The molecule has 1 N–H and O–H groups in total. The van der Waals surface area contributed by atoms with E-state index in [2.05, 4.69) is 40.7 Å². The first-order chi connectivity index (χ1) is 13.8. The van der Waals surface area contributed by atoms with Crippen molar-refractivity contribution >= 4 is 0 Å². The third-order valence-electron chi connectivity index (χ3n) is 10.9. The number of hydrogen-bond acceptors (Lipinski definition) is 1. The first-order valence-corrected chi connectivity index (χ1v) is 13.2. The van der Waals surface area contributed by atoms with Crippen LogP contribution in [-0.4, -0.2) is 11.2 Å². The minimum atomic E-state index is -0.0756. The van der Waals surface area contributed by atoms with Crippen molar-refractivity contribution in [1.29, 1.82) is 0 Å². The van der Waals surface area contributed by atoms with Crippen molar-refractivity contribution in [3.63, 3.8) is 0 Å². The van der Waals surface area contributed by atoms with Crippen LogP contribution in [0.5, 0.6) is 0 Å². The molecular formula is C28H48O. The molecular weight excluding hydrogens is 352 g/mol. The summed E-state index contributed by atoms with van der Waals surface area (Å²) in [5.41, 5.74) is 2.62. The average Bonchev–Trinajstić information content (AvgIpc) is 3.02. The third kappa shape index (κ3) is 3.77. The highest BCUT2D eigenvalue weighted by Gasteiger charge is 2.58. The number of aliphatic hydroxyl groups excluding tert-OH is 1. The van der Waals surface area contributed by atoms with Gasteiger partial charge in [-0.05, 0) is 104 Å². The predicted octanol–water partition coefficient (Wildman–Crippen LogP) is 7.78. The molecule has 0 amide bonds. The van der Waals surface area contributed by atoms with Gasteiger partial charge in [0.15, 0.2) is 0 Å². The fraction of sp³-hybridized carbons (Fsp3) is 0.929. The molecule has 0 bridgehead atoms. The Morgan fingerprint density at radius 3 is 2.59 bits per heavy atom. The van der Waals surface area contributed by atoms with E-state index < -0.39 is 0 Å². The molecule has 4 rings (SSSR count). The molecule has 0 radical (unpaired) electrons. The lowest BCUT2D eigenvalue weighted by Gasteiger charge is -2.58. The molecule has 0 unspecified atom stereocenters. The number of rotatable bonds is 6. The first-order valence-electron chi connectivity index (χ1n) is 13.2. The Morgan fingerprint density at radius 1 is 1.07 bits per heavy atom. The van der Waals surface area contributed by atoms with Crippen molar-refractivity contribution in [2.24, 2.45) is 46.3 Å². The molecule has 4 aliphatic carbocycles. The molecule has 0 aromatic carbocycles. The zero-order valence-corrected chi connectivity index (χ0v) is 20.1. The van der Waals surface area contributed by atoms with E-state index in [-0.39, 0.29) is 6.10 Å². The Bertz CT molecular complexity index is 605. The summed E-state index contributed by atoms with van der Waals surface area (Å²) in [6, 6.07) is 0. The summed E-state index contributed by atoms with van der Waals surface area (Å²) in [4.78, 5) is 0. The first kappa shape index (κ1) is 21.9. The topological polar surface area (TPSA) is 20.2 Å². The van der Waals surface area contributed by atoms with Gasteiger partial charge in [0.1, 0.15) is 0 Å². The van der Waals surface area contributed by atoms with Crippen molar-refractivity contribution in [1.82, 2.24) is 0 Å². The minimum absolute atomic E-state index is 0.0756. The van der Waals surface area contributed by atoms with Crippen molar-refractivity contribution < 1.29 is 5.11 Å². The van der Waals surface area contributed by atoms with E-state index in [1.54, 1.807) is 5.57 Å². The molecule has 0 heterocycles. The van der Waals surface area contributed by atoms with Gasteiger partial charge in [-0.3, -0.25) is 0 Å². The summed E-state index contributed by atoms with van der Waals surface area (Å²) in [7, 11) is 0. The minimum Gasteiger partial charge on any atom is -0.393 e. The van der Waals surface area contributed by atoms with E-state index in [1.807, 2.05) is 0 Å². The molecule has 8 atom stereocenters. The number of aliphatic hydroxyl groups is 1. The van der Waals surface area contributed by atoms with Crippen LogP contribution in [-0.2, 0) is 0 Å². The molecule has 1 heteroatoms. The molecule has 1 nitrogen and oxygen atoms in total. The van der Waals surface area contributed by atoms with Crippen LogP contribution in [0.3, 0.4) is 0 Å². The molecule has 0 saturated heterocycles. The summed E-state index contributed by atoms with van der Waals surface area (Å²) in [5, 5.41) is 10.2. The lowest BCUT2D eigenvalue weighted by Crippen LogP contribution is -2.50. The van der Waals surface area contributed by atoms with Crippen molar-refractivity contribution in [3.05, 3.63) is 11.6 Å². The maximum Gasteiger partial charge on any atom is 0.0577 e. The highest BCUT2D eigenvalue weighted by atomic mass is 16.3. The second kappa shape index (κ2) is 8.33. The van der Waals surface area contributed by atoms with Gasteiger partial charge >= 0.3 is 0 Å². The van der Waals surface area contributed by atoms with Gasteiger partial charge in [-0.2, -0.15) is 0 Å². The fourth-order valence-electron chi connectivity index (χ4n) is 8.86. The summed E-state index contributed by atoms with van der Waals surface area (Å²) < 4.78 is 0. The van der Waals surface area contributed by atoms with Gasteiger partial charge in [0, 0.05) is 0 Å². The molecule has 3 saturated carbocycles. The zero-order valence-electron chi connectivity index (χ0n) is 20.1. The molecule has 0 aliphatic heterocycles. The molecule has 29 heavy (non-hydrogen) atoms. The smallest absolute Gasteiger partial charge is 0.0577 e. The van der Waals surface area contributed by atoms with Crippen LogP contribution in [0.4, 0.5) is 0 Å². The Hall–Kier alpha value is -0.300.